The third-order valence-corrected chi connectivity index (χ3v) is 2.04. The van der Waals surface area contributed by atoms with E-state index in [4.69, 9.17) is 5.73 Å². The summed E-state index contributed by atoms with van der Waals surface area (Å²) in [7, 11) is 0. The molecule has 76 valence electrons. The second kappa shape index (κ2) is 4.77. The first kappa shape index (κ1) is 10.7. The van der Waals surface area contributed by atoms with E-state index in [1.807, 2.05) is 38.1 Å². The number of hydrogen-bond donors (Lipinski definition) is 2. The van der Waals surface area contributed by atoms with Crippen LogP contribution in [0.2, 0.25) is 0 Å². The highest BCUT2D eigenvalue weighted by atomic mass is 16.1. The van der Waals surface area contributed by atoms with Crippen LogP contribution >= 0.6 is 0 Å². The van der Waals surface area contributed by atoms with Gasteiger partial charge in [-0.25, -0.2) is 0 Å². The number of carbonyl (C=O) groups excluding carboxylic acids is 1. The van der Waals surface area contributed by atoms with Crippen molar-refractivity contribution in [2.75, 3.05) is 5.32 Å². The van der Waals surface area contributed by atoms with Crippen molar-refractivity contribution in [1.82, 2.24) is 0 Å². The van der Waals surface area contributed by atoms with Crippen molar-refractivity contribution in [2.24, 2.45) is 5.73 Å². The minimum atomic E-state index is 0.0264. The number of hydrogen-bond acceptors (Lipinski definition) is 2. The Morgan fingerprint density at radius 2 is 2.00 bits per heavy atom. The van der Waals surface area contributed by atoms with Crippen LogP contribution in [0.1, 0.15) is 31.9 Å². The molecule has 0 aliphatic heterocycles. The smallest absolute Gasteiger partial charge is 0.224 e. The Morgan fingerprint density at radius 3 is 2.43 bits per heavy atom. The van der Waals surface area contributed by atoms with Crippen molar-refractivity contribution in [3.63, 3.8) is 0 Å². The maximum Gasteiger partial charge on any atom is 0.224 e. The van der Waals surface area contributed by atoms with Crippen LogP contribution in [0.5, 0.6) is 0 Å². The molecule has 0 fully saturated rings. The van der Waals surface area contributed by atoms with Gasteiger partial charge in [0.1, 0.15) is 0 Å². The van der Waals surface area contributed by atoms with Crippen LogP contribution in [-0.2, 0) is 4.79 Å². The summed E-state index contributed by atoms with van der Waals surface area (Å²) in [5.41, 5.74) is 7.59. The molecular weight excluding hydrogens is 176 g/mol. The number of benzene rings is 1. The van der Waals surface area contributed by atoms with Crippen LogP contribution in [0, 0.1) is 0 Å². The average molecular weight is 192 g/mol. The zero-order valence-corrected chi connectivity index (χ0v) is 8.58. The molecule has 0 saturated heterocycles. The van der Waals surface area contributed by atoms with E-state index < -0.39 is 0 Å². The summed E-state index contributed by atoms with van der Waals surface area (Å²) in [6, 6.07) is 7.62. The summed E-state index contributed by atoms with van der Waals surface area (Å²) >= 11 is 0. The Hall–Kier alpha value is -1.35. The molecule has 1 aromatic rings. The van der Waals surface area contributed by atoms with E-state index in [1.165, 1.54) is 0 Å². The van der Waals surface area contributed by atoms with Crippen molar-refractivity contribution in [3.05, 3.63) is 29.8 Å². The largest absolute Gasteiger partial charge is 0.326 e. The molecule has 0 unspecified atom stereocenters. The Kier molecular flexibility index (Phi) is 3.65. The second-order valence-corrected chi connectivity index (χ2v) is 3.31. The maximum atomic E-state index is 11.1. The molecule has 1 aromatic carbocycles. The number of rotatable bonds is 3. The molecule has 3 nitrogen and oxygen atoms in total. The number of nitrogens with one attached hydrogen (secondary N) is 1. The van der Waals surface area contributed by atoms with Crippen molar-refractivity contribution in [2.45, 2.75) is 26.3 Å². The molecule has 1 rings (SSSR count). The normalized spacial score (nSPS) is 12.2. The van der Waals surface area contributed by atoms with Gasteiger partial charge in [0, 0.05) is 18.2 Å². The monoisotopic (exact) mass is 192 g/mol. The lowest BCUT2D eigenvalue weighted by Crippen LogP contribution is -2.10. The van der Waals surface area contributed by atoms with E-state index >= 15 is 0 Å². The number of amides is 1. The zero-order valence-electron chi connectivity index (χ0n) is 8.58. The van der Waals surface area contributed by atoms with E-state index in [0.717, 1.165) is 11.3 Å². The Bertz CT molecular complexity index is 304. The van der Waals surface area contributed by atoms with Crippen LogP contribution in [0.3, 0.4) is 0 Å². The molecule has 0 aromatic heterocycles. The first-order valence-electron chi connectivity index (χ1n) is 4.79. The SMILES string of the molecule is CCC(=O)Nc1ccc([C@H](C)N)cc1. The van der Waals surface area contributed by atoms with Gasteiger partial charge in [-0.3, -0.25) is 4.79 Å². The lowest BCUT2D eigenvalue weighted by atomic mass is 10.1. The maximum absolute atomic E-state index is 11.1. The summed E-state index contributed by atoms with van der Waals surface area (Å²) in [4.78, 5) is 11.1. The number of nitrogens with two attached hydrogens (primary N) is 1. The molecule has 0 radical (unpaired) electrons. The van der Waals surface area contributed by atoms with Crippen molar-refractivity contribution in [1.29, 1.82) is 0 Å². The third kappa shape index (κ3) is 2.85. The van der Waals surface area contributed by atoms with Gasteiger partial charge in [-0.05, 0) is 24.6 Å². The molecule has 0 aliphatic rings. The highest BCUT2D eigenvalue weighted by Gasteiger charge is 2.00. The van der Waals surface area contributed by atoms with Gasteiger partial charge >= 0.3 is 0 Å². The van der Waals surface area contributed by atoms with E-state index in [9.17, 15) is 4.79 Å². The minimum absolute atomic E-state index is 0.0264. The molecule has 0 bridgehead atoms. The Balaban J connectivity index is 2.69. The Labute approximate surface area is 84.3 Å². The quantitative estimate of drug-likeness (QED) is 0.770. The summed E-state index contributed by atoms with van der Waals surface area (Å²) in [5, 5.41) is 2.78. The van der Waals surface area contributed by atoms with Gasteiger partial charge in [0.25, 0.3) is 0 Å². The van der Waals surface area contributed by atoms with Crippen molar-refractivity contribution in [3.8, 4) is 0 Å². The molecule has 1 amide bonds. The standard InChI is InChI=1S/C11H16N2O/c1-3-11(14)13-10-6-4-9(5-7-10)8(2)12/h4-8H,3,12H2,1-2H3,(H,13,14)/t8-/m0/s1. The molecular formula is C11H16N2O. The first-order valence-corrected chi connectivity index (χ1v) is 4.79. The summed E-state index contributed by atoms with van der Waals surface area (Å²) in [5.74, 6) is 0.0264. The predicted molar refractivity (Wildman–Crippen MR) is 58.0 cm³/mol. The zero-order chi connectivity index (χ0) is 10.6. The molecule has 1 atom stereocenters. The van der Waals surface area contributed by atoms with E-state index in [2.05, 4.69) is 5.32 Å². The molecule has 0 spiro atoms. The topological polar surface area (TPSA) is 55.1 Å². The predicted octanol–water partition coefficient (Wildman–Crippen LogP) is 2.05. The third-order valence-electron chi connectivity index (χ3n) is 2.04. The fraction of sp³-hybridized carbons (Fsp3) is 0.364. The molecule has 3 heteroatoms. The van der Waals surface area contributed by atoms with Gasteiger partial charge in [0.05, 0.1) is 0 Å². The lowest BCUT2D eigenvalue weighted by Gasteiger charge is -2.07. The van der Waals surface area contributed by atoms with Gasteiger partial charge in [0.2, 0.25) is 5.91 Å². The Morgan fingerprint density at radius 1 is 1.43 bits per heavy atom. The molecule has 0 heterocycles. The van der Waals surface area contributed by atoms with Gasteiger partial charge in [0.15, 0.2) is 0 Å². The fourth-order valence-corrected chi connectivity index (χ4v) is 1.12. The van der Waals surface area contributed by atoms with Crippen LogP contribution in [0.25, 0.3) is 0 Å². The summed E-state index contributed by atoms with van der Waals surface area (Å²) in [6.07, 6.45) is 0.495. The summed E-state index contributed by atoms with van der Waals surface area (Å²) < 4.78 is 0. The number of anilines is 1. The van der Waals surface area contributed by atoms with Gasteiger partial charge in [-0.1, -0.05) is 19.1 Å². The van der Waals surface area contributed by atoms with Crippen molar-refractivity contribution < 1.29 is 4.79 Å². The molecule has 0 aliphatic carbocycles. The van der Waals surface area contributed by atoms with Gasteiger partial charge in [-0.15, -0.1) is 0 Å². The molecule has 14 heavy (non-hydrogen) atoms. The van der Waals surface area contributed by atoms with Crippen LogP contribution in [-0.4, -0.2) is 5.91 Å². The van der Waals surface area contributed by atoms with Crippen LogP contribution in [0.4, 0.5) is 5.69 Å². The van der Waals surface area contributed by atoms with Crippen LogP contribution in [0.15, 0.2) is 24.3 Å². The highest BCUT2D eigenvalue weighted by molar-refractivity contribution is 5.90. The minimum Gasteiger partial charge on any atom is -0.326 e. The lowest BCUT2D eigenvalue weighted by molar-refractivity contribution is -0.115. The molecule has 3 N–H and O–H groups in total. The highest BCUT2D eigenvalue weighted by Crippen LogP contribution is 2.14. The fourth-order valence-electron chi connectivity index (χ4n) is 1.12. The van der Waals surface area contributed by atoms with Gasteiger partial charge in [-0.2, -0.15) is 0 Å². The van der Waals surface area contributed by atoms with Crippen molar-refractivity contribution >= 4 is 11.6 Å². The summed E-state index contributed by atoms with van der Waals surface area (Å²) in [6.45, 7) is 3.76. The van der Waals surface area contributed by atoms with E-state index in [1.54, 1.807) is 0 Å². The van der Waals surface area contributed by atoms with E-state index in [0.29, 0.717) is 6.42 Å². The van der Waals surface area contributed by atoms with Crippen LogP contribution < -0.4 is 11.1 Å². The van der Waals surface area contributed by atoms with Gasteiger partial charge < -0.3 is 11.1 Å². The second-order valence-electron chi connectivity index (χ2n) is 3.31. The van der Waals surface area contributed by atoms with E-state index in [-0.39, 0.29) is 11.9 Å². The molecule has 0 saturated carbocycles. The first-order chi connectivity index (χ1) is 6.63. The number of carbonyl (C=O) groups is 1. The average Bonchev–Trinajstić information content (AvgIpc) is 2.18.